The van der Waals surface area contributed by atoms with Crippen LogP contribution in [0, 0.1) is 5.82 Å². The molecule has 0 saturated carbocycles. The van der Waals surface area contributed by atoms with Crippen molar-refractivity contribution >= 4 is 17.5 Å². The Kier molecular flexibility index (Phi) is 3.08. The number of nitrogen functional groups attached to an aromatic ring is 1. The lowest BCUT2D eigenvalue weighted by molar-refractivity contribution is -0.130. The summed E-state index contributed by atoms with van der Waals surface area (Å²) < 4.78 is 13.3. The molecule has 1 aromatic rings. The smallest absolute Gasteiger partial charge is 0.256 e. The Balaban J connectivity index is 1.78. The summed E-state index contributed by atoms with van der Waals surface area (Å²) in [6.07, 6.45) is 1.33. The first-order chi connectivity index (χ1) is 9.56. The van der Waals surface area contributed by atoms with Crippen molar-refractivity contribution in [2.24, 2.45) is 0 Å². The van der Waals surface area contributed by atoms with Gasteiger partial charge < -0.3 is 15.5 Å². The minimum absolute atomic E-state index is 0.0926. The van der Waals surface area contributed by atoms with Gasteiger partial charge in [0.2, 0.25) is 5.91 Å². The molecule has 0 bridgehead atoms. The second kappa shape index (κ2) is 4.77. The quantitative estimate of drug-likeness (QED) is 0.774. The minimum Gasteiger partial charge on any atom is -0.398 e. The van der Waals surface area contributed by atoms with Gasteiger partial charge in [-0.15, -0.1) is 0 Å². The molecule has 2 aliphatic heterocycles. The number of amides is 2. The van der Waals surface area contributed by atoms with Gasteiger partial charge in [0.15, 0.2) is 0 Å². The number of carbonyl (C=O) groups excluding carboxylic acids is 2. The Bertz CT molecular complexity index is 576. The number of fused-ring (bicyclic) bond motifs is 1. The highest BCUT2D eigenvalue weighted by Crippen LogP contribution is 2.25. The van der Waals surface area contributed by atoms with Gasteiger partial charge >= 0.3 is 0 Å². The van der Waals surface area contributed by atoms with Gasteiger partial charge in [0.1, 0.15) is 5.82 Å². The number of carbonyl (C=O) groups is 2. The predicted molar refractivity (Wildman–Crippen MR) is 71.5 cm³/mol. The van der Waals surface area contributed by atoms with Crippen LogP contribution >= 0.6 is 0 Å². The van der Waals surface area contributed by atoms with Crippen molar-refractivity contribution in [2.45, 2.75) is 18.9 Å². The summed E-state index contributed by atoms with van der Waals surface area (Å²) in [5, 5.41) is 0. The van der Waals surface area contributed by atoms with E-state index in [1.165, 1.54) is 18.2 Å². The van der Waals surface area contributed by atoms with Crippen LogP contribution in [0.15, 0.2) is 18.2 Å². The average Bonchev–Trinajstić information content (AvgIpc) is 2.82. The molecule has 106 valence electrons. The molecule has 2 amide bonds. The van der Waals surface area contributed by atoms with Gasteiger partial charge in [-0.3, -0.25) is 9.59 Å². The van der Waals surface area contributed by atoms with E-state index in [0.29, 0.717) is 26.1 Å². The Labute approximate surface area is 116 Å². The van der Waals surface area contributed by atoms with Gasteiger partial charge in [0.05, 0.1) is 5.56 Å². The van der Waals surface area contributed by atoms with Crippen LogP contribution in [-0.2, 0) is 4.79 Å². The molecule has 3 rings (SSSR count). The number of hydrogen-bond acceptors (Lipinski definition) is 3. The highest BCUT2D eigenvalue weighted by atomic mass is 19.1. The largest absolute Gasteiger partial charge is 0.398 e. The van der Waals surface area contributed by atoms with Crippen molar-refractivity contribution in [2.75, 3.05) is 25.4 Å². The highest BCUT2D eigenvalue weighted by Gasteiger charge is 2.37. The molecule has 0 radical (unpaired) electrons. The number of halogens is 1. The number of piperazine rings is 1. The molecule has 2 fully saturated rings. The molecule has 2 aliphatic rings. The Morgan fingerprint density at radius 1 is 1.35 bits per heavy atom. The molecule has 2 N–H and O–H groups in total. The molecule has 1 aromatic carbocycles. The van der Waals surface area contributed by atoms with Crippen molar-refractivity contribution in [3.05, 3.63) is 29.6 Å². The van der Waals surface area contributed by atoms with Crippen LogP contribution in [0.25, 0.3) is 0 Å². The lowest BCUT2D eigenvalue weighted by Crippen LogP contribution is -2.53. The maximum absolute atomic E-state index is 13.3. The number of nitrogens with two attached hydrogens (primary N) is 1. The summed E-state index contributed by atoms with van der Waals surface area (Å²) in [5.41, 5.74) is 6.22. The first kappa shape index (κ1) is 12.9. The summed E-state index contributed by atoms with van der Waals surface area (Å²) in [6.45, 7) is 1.52. The van der Waals surface area contributed by atoms with E-state index >= 15 is 0 Å². The van der Waals surface area contributed by atoms with Gasteiger partial charge in [0.25, 0.3) is 5.91 Å². The fraction of sp³-hybridized carbons (Fsp3) is 0.429. The average molecular weight is 277 g/mol. The van der Waals surface area contributed by atoms with Crippen molar-refractivity contribution < 1.29 is 14.0 Å². The molecule has 1 atom stereocenters. The lowest BCUT2D eigenvalue weighted by Gasteiger charge is -2.37. The number of nitrogens with zero attached hydrogens (tertiary/aromatic N) is 2. The van der Waals surface area contributed by atoms with Crippen molar-refractivity contribution in [1.29, 1.82) is 0 Å². The molecule has 5 nitrogen and oxygen atoms in total. The van der Waals surface area contributed by atoms with Crippen LogP contribution in [0.4, 0.5) is 10.1 Å². The van der Waals surface area contributed by atoms with E-state index in [2.05, 4.69) is 0 Å². The number of rotatable bonds is 1. The minimum atomic E-state index is -0.475. The van der Waals surface area contributed by atoms with E-state index < -0.39 is 5.82 Å². The van der Waals surface area contributed by atoms with Crippen LogP contribution in [0.5, 0.6) is 0 Å². The predicted octanol–water partition coefficient (Wildman–Crippen LogP) is 0.855. The summed E-state index contributed by atoms with van der Waals surface area (Å²) in [7, 11) is 0. The topological polar surface area (TPSA) is 66.6 Å². The fourth-order valence-electron chi connectivity index (χ4n) is 2.93. The van der Waals surface area contributed by atoms with Gasteiger partial charge in [-0.1, -0.05) is 0 Å². The first-order valence-corrected chi connectivity index (χ1v) is 6.70. The highest BCUT2D eigenvalue weighted by molar-refractivity contribution is 5.99. The van der Waals surface area contributed by atoms with Crippen LogP contribution in [0.2, 0.25) is 0 Å². The molecule has 0 spiro atoms. The summed E-state index contributed by atoms with van der Waals surface area (Å²) in [6, 6.07) is 3.90. The van der Waals surface area contributed by atoms with E-state index in [-0.39, 0.29) is 29.1 Å². The second-order valence-corrected chi connectivity index (χ2v) is 5.26. The van der Waals surface area contributed by atoms with Crippen molar-refractivity contribution in [1.82, 2.24) is 9.80 Å². The summed E-state index contributed by atoms with van der Waals surface area (Å²) in [5.74, 6) is -0.578. The molecule has 1 unspecified atom stereocenters. The van der Waals surface area contributed by atoms with E-state index in [4.69, 9.17) is 5.73 Å². The Morgan fingerprint density at radius 2 is 2.15 bits per heavy atom. The molecule has 20 heavy (non-hydrogen) atoms. The lowest BCUT2D eigenvalue weighted by atomic mass is 10.1. The zero-order chi connectivity index (χ0) is 14.3. The van der Waals surface area contributed by atoms with E-state index in [1.54, 1.807) is 4.90 Å². The SMILES string of the molecule is Nc1ccc(F)cc1C(=O)N1CCN2C(=O)CCC2C1. The molecule has 0 aliphatic carbocycles. The summed E-state index contributed by atoms with van der Waals surface area (Å²) >= 11 is 0. The molecular formula is C14H16FN3O2. The maximum atomic E-state index is 13.3. The third kappa shape index (κ3) is 2.11. The zero-order valence-electron chi connectivity index (χ0n) is 11.0. The monoisotopic (exact) mass is 277 g/mol. The van der Waals surface area contributed by atoms with E-state index in [1.807, 2.05) is 4.90 Å². The Hall–Kier alpha value is -2.11. The number of benzene rings is 1. The van der Waals surface area contributed by atoms with Crippen LogP contribution in [0.3, 0.4) is 0 Å². The van der Waals surface area contributed by atoms with Gasteiger partial charge in [-0.05, 0) is 24.6 Å². The van der Waals surface area contributed by atoms with E-state index in [0.717, 1.165) is 6.42 Å². The Morgan fingerprint density at radius 3 is 2.95 bits per heavy atom. The molecule has 2 heterocycles. The van der Waals surface area contributed by atoms with Gasteiger partial charge in [0, 0.05) is 37.8 Å². The van der Waals surface area contributed by atoms with Gasteiger partial charge in [-0.25, -0.2) is 4.39 Å². The molecular weight excluding hydrogens is 261 g/mol. The van der Waals surface area contributed by atoms with E-state index in [9.17, 15) is 14.0 Å². The molecule has 0 aromatic heterocycles. The third-order valence-electron chi connectivity index (χ3n) is 4.03. The number of anilines is 1. The van der Waals surface area contributed by atoms with Crippen LogP contribution in [0.1, 0.15) is 23.2 Å². The second-order valence-electron chi connectivity index (χ2n) is 5.26. The maximum Gasteiger partial charge on any atom is 0.256 e. The molecule has 2 saturated heterocycles. The zero-order valence-corrected chi connectivity index (χ0v) is 11.0. The first-order valence-electron chi connectivity index (χ1n) is 6.70. The number of hydrogen-bond donors (Lipinski definition) is 1. The standard InChI is InChI=1S/C14H16FN3O2/c15-9-1-3-12(16)11(7-9)14(20)17-5-6-18-10(8-17)2-4-13(18)19/h1,3,7,10H,2,4-6,8,16H2. The van der Waals surface area contributed by atoms with Crippen molar-refractivity contribution in [3.8, 4) is 0 Å². The third-order valence-corrected chi connectivity index (χ3v) is 4.03. The summed E-state index contributed by atoms with van der Waals surface area (Å²) in [4.78, 5) is 27.5. The molecule has 6 heteroatoms. The van der Waals surface area contributed by atoms with Crippen molar-refractivity contribution in [3.63, 3.8) is 0 Å². The van der Waals surface area contributed by atoms with Gasteiger partial charge in [-0.2, -0.15) is 0 Å². The van der Waals surface area contributed by atoms with Crippen LogP contribution < -0.4 is 5.73 Å². The van der Waals surface area contributed by atoms with Crippen LogP contribution in [-0.4, -0.2) is 47.3 Å². The normalized spacial score (nSPS) is 22.1. The fourth-order valence-corrected chi connectivity index (χ4v) is 2.93.